The fourth-order valence-corrected chi connectivity index (χ4v) is 8.06. The fraction of sp³-hybridized carbons (Fsp3) is 0.742. The van der Waals surface area contributed by atoms with Crippen molar-refractivity contribution in [2.75, 3.05) is 26.8 Å². The second kappa shape index (κ2) is 11.9. The van der Waals surface area contributed by atoms with Crippen molar-refractivity contribution >= 4 is 23.7 Å². The first kappa shape index (κ1) is 32.7. The van der Waals surface area contributed by atoms with Gasteiger partial charge in [0.05, 0.1) is 6.61 Å². The van der Waals surface area contributed by atoms with E-state index in [2.05, 4.69) is 0 Å². The van der Waals surface area contributed by atoms with Gasteiger partial charge in [-0.1, -0.05) is 12.8 Å². The lowest BCUT2D eigenvalue weighted by molar-refractivity contribution is -0.161. The highest BCUT2D eigenvalue weighted by molar-refractivity contribution is 6.07. The zero-order valence-electron chi connectivity index (χ0n) is 26.7. The van der Waals surface area contributed by atoms with Crippen LogP contribution in [-0.4, -0.2) is 85.7 Å². The molecule has 4 fully saturated rings. The maximum Gasteiger partial charge on any atom is 0.334 e. The van der Waals surface area contributed by atoms with Gasteiger partial charge in [0.1, 0.15) is 29.1 Å². The standard InChI is InChI=1S/C31H46N6O8/c1-29(2,3)45-21(38)16-44-14-13-36-27(42)34(4)26(41)31(36)17-30(18-31)11-9-20(10-12-30)37-25(40)22(23(32)33)24(39)35(28(37)43)15-19-7-5-6-8-19/h19-20,39H,5-18H2,1-4H3,(H3,32,33). The van der Waals surface area contributed by atoms with Gasteiger partial charge in [0.2, 0.25) is 5.88 Å². The molecule has 1 aromatic heterocycles. The minimum Gasteiger partial charge on any atom is -0.494 e. The third-order valence-electron chi connectivity index (χ3n) is 10.1. The van der Waals surface area contributed by atoms with Crippen LogP contribution in [0.3, 0.4) is 0 Å². The lowest BCUT2D eigenvalue weighted by Crippen LogP contribution is -2.64. The Morgan fingerprint density at radius 1 is 1.07 bits per heavy atom. The number of aromatic nitrogens is 2. The average Bonchev–Trinajstić information content (AvgIpc) is 3.51. The molecule has 0 bridgehead atoms. The van der Waals surface area contributed by atoms with Gasteiger partial charge in [0, 0.05) is 26.2 Å². The summed E-state index contributed by atoms with van der Waals surface area (Å²) >= 11 is 0. The number of rotatable bonds is 9. The quantitative estimate of drug-likeness (QED) is 0.121. The van der Waals surface area contributed by atoms with Crippen LogP contribution >= 0.6 is 0 Å². The Kier molecular flexibility index (Phi) is 8.66. The summed E-state index contributed by atoms with van der Waals surface area (Å²) in [6, 6.07) is -0.846. The number of nitrogens with one attached hydrogen (secondary N) is 1. The summed E-state index contributed by atoms with van der Waals surface area (Å²) < 4.78 is 13.1. The van der Waals surface area contributed by atoms with Crippen molar-refractivity contribution in [2.45, 2.75) is 109 Å². The Hall–Kier alpha value is -3.68. The van der Waals surface area contributed by atoms with Gasteiger partial charge in [-0.05, 0) is 83.5 Å². The molecule has 3 amide bonds. The summed E-state index contributed by atoms with van der Waals surface area (Å²) in [6.45, 7) is 5.51. The maximum atomic E-state index is 13.6. The van der Waals surface area contributed by atoms with Crippen LogP contribution in [-0.2, 0) is 25.6 Å². The average molecular weight is 631 g/mol. The lowest BCUT2D eigenvalue weighted by atomic mass is 9.51. The Balaban J connectivity index is 1.28. The van der Waals surface area contributed by atoms with Crippen LogP contribution in [0.25, 0.3) is 0 Å². The van der Waals surface area contributed by atoms with Crippen LogP contribution in [0.4, 0.5) is 4.79 Å². The van der Waals surface area contributed by atoms with Crippen LogP contribution in [0.2, 0.25) is 0 Å². The van der Waals surface area contributed by atoms with Crippen molar-refractivity contribution in [3.8, 4) is 5.88 Å². The van der Waals surface area contributed by atoms with Gasteiger partial charge in [0.25, 0.3) is 11.5 Å². The van der Waals surface area contributed by atoms with E-state index in [1.54, 1.807) is 25.7 Å². The molecular formula is C31H46N6O8. The predicted molar refractivity (Wildman–Crippen MR) is 163 cm³/mol. The number of hydrogen-bond acceptors (Lipinski definition) is 9. The molecule has 1 saturated heterocycles. The molecule has 1 aromatic rings. The number of carbonyl (C=O) groups excluding carboxylic acids is 3. The molecule has 3 saturated carbocycles. The predicted octanol–water partition coefficient (Wildman–Crippen LogP) is 2.08. The number of aromatic hydroxyl groups is 1. The number of amidine groups is 1. The van der Waals surface area contributed by atoms with E-state index in [4.69, 9.17) is 20.6 Å². The third-order valence-corrected chi connectivity index (χ3v) is 10.1. The van der Waals surface area contributed by atoms with Crippen LogP contribution in [0.5, 0.6) is 5.88 Å². The minimum atomic E-state index is -0.987. The zero-order chi connectivity index (χ0) is 32.9. The zero-order valence-corrected chi connectivity index (χ0v) is 26.7. The molecule has 14 heteroatoms. The number of nitrogen functional groups attached to an aromatic ring is 1. The molecule has 2 spiro atoms. The fourth-order valence-electron chi connectivity index (χ4n) is 8.06. The minimum absolute atomic E-state index is 0.0678. The summed E-state index contributed by atoms with van der Waals surface area (Å²) in [5.74, 6) is -1.69. The van der Waals surface area contributed by atoms with Crippen molar-refractivity contribution < 1.29 is 29.0 Å². The van der Waals surface area contributed by atoms with Gasteiger partial charge in [-0.15, -0.1) is 0 Å². The highest BCUT2D eigenvalue weighted by atomic mass is 16.6. The second-order valence-electron chi connectivity index (χ2n) is 14.4. The summed E-state index contributed by atoms with van der Waals surface area (Å²) in [5.41, 5.74) is 2.16. The molecule has 2 heterocycles. The number of likely N-dealkylation sites (N-methyl/N-ethyl adjacent to an activating group) is 1. The lowest BCUT2D eigenvalue weighted by Gasteiger charge is -2.58. The molecule has 1 aliphatic heterocycles. The molecule has 5 rings (SSSR count). The van der Waals surface area contributed by atoms with Crippen LogP contribution < -0.4 is 17.0 Å². The maximum absolute atomic E-state index is 13.6. The van der Waals surface area contributed by atoms with Gasteiger partial charge in [0.15, 0.2) is 0 Å². The van der Waals surface area contributed by atoms with Crippen molar-refractivity contribution in [2.24, 2.45) is 17.1 Å². The van der Waals surface area contributed by atoms with E-state index in [0.29, 0.717) is 38.5 Å². The van der Waals surface area contributed by atoms with Gasteiger partial charge >= 0.3 is 17.7 Å². The number of ether oxygens (including phenoxy) is 2. The Labute approximate surface area is 261 Å². The largest absolute Gasteiger partial charge is 0.494 e. The van der Waals surface area contributed by atoms with Gasteiger partial charge < -0.3 is 25.2 Å². The second-order valence-corrected chi connectivity index (χ2v) is 14.4. The number of carbonyl (C=O) groups is 3. The van der Waals surface area contributed by atoms with E-state index < -0.39 is 52.1 Å². The molecule has 0 radical (unpaired) electrons. The van der Waals surface area contributed by atoms with Gasteiger partial charge in [-0.25, -0.2) is 14.4 Å². The molecule has 248 valence electrons. The van der Waals surface area contributed by atoms with Crippen LogP contribution in [0, 0.1) is 16.7 Å². The first-order valence-corrected chi connectivity index (χ1v) is 15.9. The number of amides is 3. The normalized spacial score (nSPS) is 27.1. The van der Waals surface area contributed by atoms with Crippen molar-refractivity contribution in [3.05, 3.63) is 26.4 Å². The highest BCUT2D eigenvalue weighted by Crippen LogP contribution is 2.61. The topological polar surface area (TPSA) is 190 Å². The first-order valence-electron chi connectivity index (χ1n) is 15.9. The van der Waals surface area contributed by atoms with E-state index in [1.807, 2.05) is 0 Å². The molecule has 3 aliphatic carbocycles. The van der Waals surface area contributed by atoms with Gasteiger partial charge in [-0.3, -0.25) is 29.0 Å². The molecule has 0 unspecified atom stereocenters. The summed E-state index contributed by atoms with van der Waals surface area (Å²) in [7, 11) is 1.47. The first-order chi connectivity index (χ1) is 21.1. The number of nitrogens with two attached hydrogens (primary N) is 1. The number of nitrogens with zero attached hydrogens (tertiary/aromatic N) is 4. The summed E-state index contributed by atoms with van der Waals surface area (Å²) in [5, 5.41) is 18.8. The Bertz CT molecular complexity index is 1480. The van der Waals surface area contributed by atoms with E-state index in [9.17, 15) is 29.1 Å². The number of esters is 1. The van der Waals surface area contributed by atoms with Crippen molar-refractivity contribution in [3.63, 3.8) is 0 Å². The number of imide groups is 1. The monoisotopic (exact) mass is 630 g/mol. The Morgan fingerprint density at radius 3 is 2.27 bits per heavy atom. The van der Waals surface area contributed by atoms with E-state index in [-0.39, 0.29) is 49.1 Å². The Morgan fingerprint density at radius 2 is 1.69 bits per heavy atom. The number of urea groups is 1. The molecule has 45 heavy (non-hydrogen) atoms. The smallest absolute Gasteiger partial charge is 0.334 e. The molecule has 4 aliphatic rings. The van der Waals surface area contributed by atoms with E-state index >= 15 is 0 Å². The summed E-state index contributed by atoms with van der Waals surface area (Å²) in [6.07, 6.45) is 7.14. The SMILES string of the molecule is CN1C(=O)N(CCOCC(=O)OC(C)(C)C)C2(CC3(CCC(n4c(=O)c(C(=N)N)c(O)n(CC5CCCC5)c4=O)CC3)C2)C1=O. The van der Waals surface area contributed by atoms with Crippen molar-refractivity contribution in [1.82, 2.24) is 18.9 Å². The van der Waals surface area contributed by atoms with Gasteiger partial charge in [-0.2, -0.15) is 0 Å². The third kappa shape index (κ3) is 6.00. The molecule has 0 aromatic carbocycles. The molecule has 14 nitrogen and oxygen atoms in total. The highest BCUT2D eigenvalue weighted by Gasteiger charge is 2.67. The van der Waals surface area contributed by atoms with E-state index in [1.165, 1.54) is 16.2 Å². The molecule has 0 atom stereocenters. The van der Waals surface area contributed by atoms with E-state index in [0.717, 1.165) is 30.6 Å². The summed E-state index contributed by atoms with van der Waals surface area (Å²) in [4.78, 5) is 68.1. The molecular weight excluding hydrogens is 584 g/mol. The van der Waals surface area contributed by atoms with Crippen molar-refractivity contribution in [1.29, 1.82) is 5.41 Å². The molecule has 4 N–H and O–H groups in total. The van der Waals surface area contributed by atoms with Crippen LogP contribution in [0.1, 0.15) is 96.6 Å². The number of hydrogen-bond donors (Lipinski definition) is 3. The van der Waals surface area contributed by atoms with Crippen LogP contribution in [0.15, 0.2) is 9.59 Å².